The number of nitrogens with zero attached hydrogens (tertiary/aromatic N) is 3. The van der Waals surface area contributed by atoms with Gasteiger partial charge in [-0.2, -0.15) is 0 Å². The SMILES string of the molecule is Nc1ncn(CC(=O)OCC(=O)NC2CCCCC2)n1. The van der Waals surface area contributed by atoms with Gasteiger partial charge >= 0.3 is 5.97 Å². The lowest BCUT2D eigenvalue weighted by atomic mass is 9.95. The number of esters is 1. The van der Waals surface area contributed by atoms with Crippen LogP contribution in [0.5, 0.6) is 0 Å². The second-order valence-corrected chi connectivity index (χ2v) is 4.86. The van der Waals surface area contributed by atoms with Gasteiger partial charge in [-0.05, 0) is 12.8 Å². The van der Waals surface area contributed by atoms with Crippen LogP contribution in [0.3, 0.4) is 0 Å². The summed E-state index contributed by atoms with van der Waals surface area (Å²) in [6, 6.07) is 0.213. The molecule has 1 amide bonds. The molecule has 110 valence electrons. The van der Waals surface area contributed by atoms with E-state index in [-0.39, 0.29) is 31.0 Å². The van der Waals surface area contributed by atoms with Crippen molar-refractivity contribution in [2.45, 2.75) is 44.7 Å². The zero-order chi connectivity index (χ0) is 14.4. The predicted molar refractivity (Wildman–Crippen MR) is 70.4 cm³/mol. The van der Waals surface area contributed by atoms with Crippen molar-refractivity contribution in [2.75, 3.05) is 12.3 Å². The molecule has 1 saturated carbocycles. The van der Waals surface area contributed by atoms with Gasteiger partial charge in [0.2, 0.25) is 5.95 Å². The zero-order valence-electron chi connectivity index (χ0n) is 11.2. The van der Waals surface area contributed by atoms with Crippen molar-refractivity contribution in [1.29, 1.82) is 0 Å². The van der Waals surface area contributed by atoms with Crippen LogP contribution < -0.4 is 11.1 Å². The molecule has 2 rings (SSSR count). The van der Waals surface area contributed by atoms with Crippen molar-refractivity contribution in [2.24, 2.45) is 0 Å². The molecule has 3 N–H and O–H groups in total. The van der Waals surface area contributed by atoms with Crippen LogP contribution in [-0.4, -0.2) is 39.3 Å². The number of carbonyl (C=O) groups is 2. The lowest BCUT2D eigenvalue weighted by molar-refractivity contribution is -0.149. The van der Waals surface area contributed by atoms with Gasteiger partial charge in [-0.3, -0.25) is 9.59 Å². The van der Waals surface area contributed by atoms with Gasteiger partial charge in [0.1, 0.15) is 12.9 Å². The van der Waals surface area contributed by atoms with E-state index in [1.54, 1.807) is 0 Å². The molecule has 20 heavy (non-hydrogen) atoms. The molecule has 1 aliphatic rings. The molecular formula is C12H19N5O3. The lowest BCUT2D eigenvalue weighted by Crippen LogP contribution is -2.38. The first kappa shape index (κ1) is 14.3. The number of hydrogen-bond acceptors (Lipinski definition) is 6. The van der Waals surface area contributed by atoms with Crippen molar-refractivity contribution >= 4 is 17.8 Å². The van der Waals surface area contributed by atoms with Crippen LogP contribution in [0.25, 0.3) is 0 Å². The summed E-state index contributed by atoms with van der Waals surface area (Å²) < 4.78 is 6.14. The quantitative estimate of drug-likeness (QED) is 0.726. The number of aromatic nitrogens is 3. The Morgan fingerprint density at radius 3 is 2.80 bits per heavy atom. The van der Waals surface area contributed by atoms with E-state index in [1.165, 1.54) is 17.4 Å². The Morgan fingerprint density at radius 2 is 2.15 bits per heavy atom. The standard InChI is InChI=1S/C12H19N5O3/c13-12-14-8-17(16-12)6-11(19)20-7-10(18)15-9-4-2-1-3-5-9/h8-9H,1-7H2,(H2,13,16)(H,15,18). The van der Waals surface area contributed by atoms with Crippen molar-refractivity contribution in [3.8, 4) is 0 Å². The van der Waals surface area contributed by atoms with Gasteiger partial charge in [0, 0.05) is 6.04 Å². The molecule has 1 aromatic rings. The highest BCUT2D eigenvalue weighted by atomic mass is 16.5. The summed E-state index contributed by atoms with van der Waals surface area (Å²) in [7, 11) is 0. The number of amides is 1. The van der Waals surface area contributed by atoms with Crippen molar-refractivity contribution in [1.82, 2.24) is 20.1 Å². The topological polar surface area (TPSA) is 112 Å². The van der Waals surface area contributed by atoms with Gasteiger partial charge < -0.3 is 15.8 Å². The summed E-state index contributed by atoms with van der Waals surface area (Å²) in [5.41, 5.74) is 5.32. The van der Waals surface area contributed by atoms with Gasteiger partial charge in [-0.25, -0.2) is 9.67 Å². The van der Waals surface area contributed by atoms with Crippen LogP contribution >= 0.6 is 0 Å². The largest absolute Gasteiger partial charge is 0.454 e. The van der Waals surface area contributed by atoms with Crippen LogP contribution in [0.2, 0.25) is 0 Å². The highest BCUT2D eigenvalue weighted by Crippen LogP contribution is 2.17. The fraction of sp³-hybridized carbons (Fsp3) is 0.667. The summed E-state index contributed by atoms with van der Waals surface area (Å²) in [5, 5.41) is 6.62. The molecule has 0 aromatic carbocycles. The van der Waals surface area contributed by atoms with Crippen LogP contribution in [0.1, 0.15) is 32.1 Å². The molecule has 0 radical (unpaired) electrons. The molecule has 0 unspecified atom stereocenters. The number of nitrogen functional groups attached to an aromatic ring is 1. The minimum absolute atomic E-state index is 0.0906. The molecule has 1 aromatic heterocycles. The molecule has 0 aliphatic heterocycles. The number of carbonyl (C=O) groups excluding carboxylic acids is 2. The Balaban J connectivity index is 1.66. The number of nitrogens with two attached hydrogens (primary N) is 1. The number of nitrogens with one attached hydrogen (secondary N) is 1. The normalized spacial score (nSPS) is 15.8. The molecule has 0 bridgehead atoms. The van der Waals surface area contributed by atoms with Crippen molar-refractivity contribution < 1.29 is 14.3 Å². The van der Waals surface area contributed by atoms with Gasteiger partial charge in [0.25, 0.3) is 5.91 Å². The van der Waals surface area contributed by atoms with Gasteiger partial charge in [0.05, 0.1) is 0 Å². The number of hydrogen-bond donors (Lipinski definition) is 2. The lowest BCUT2D eigenvalue weighted by Gasteiger charge is -2.22. The highest BCUT2D eigenvalue weighted by molar-refractivity contribution is 5.80. The molecule has 8 heteroatoms. The minimum atomic E-state index is -0.548. The van der Waals surface area contributed by atoms with Crippen molar-refractivity contribution in [3.05, 3.63) is 6.33 Å². The summed E-state index contributed by atoms with van der Waals surface area (Å²) >= 11 is 0. The number of rotatable bonds is 5. The highest BCUT2D eigenvalue weighted by Gasteiger charge is 2.16. The molecule has 0 spiro atoms. The summed E-state index contributed by atoms with van der Waals surface area (Å²) in [5.74, 6) is -0.718. The Hall–Kier alpha value is -2.12. The summed E-state index contributed by atoms with van der Waals surface area (Å²) in [6.07, 6.45) is 6.83. The van der Waals surface area contributed by atoms with Crippen LogP contribution in [-0.2, 0) is 20.9 Å². The predicted octanol–water partition coefficient (Wildman–Crippen LogP) is -0.148. The van der Waals surface area contributed by atoms with Gasteiger partial charge in [-0.1, -0.05) is 19.3 Å². The third-order valence-corrected chi connectivity index (χ3v) is 3.18. The second-order valence-electron chi connectivity index (χ2n) is 4.86. The van der Waals surface area contributed by atoms with E-state index in [0.29, 0.717) is 0 Å². The van der Waals surface area contributed by atoms with E-state index in [1.807, 2.05) is 0 Å². The van der Waals surface area contributed by atoms with E-state index >= 15 is 0 Å². The zero-order valence-corrected chi connectivity index (χ0v) is 11.2. The number of anilines is 1. The Kier molecular flexibility index (Phi) is 4.91. The summed E-state index contributed by atoms with van der Waals surface area (Å²) in [6.45, 7) is -0.375. The minimum Gasteiger partial charge on any atom is -0.454 e. The number of ether oxygens (including phenoxy) is 1. The smallest absolute Gasteiger partial charge is 0.328 e. The molecular weight excluding hydrogens is 262 g/mol. The maximum absolute atomic E-state index is 11.6. The van der Waals surface area contributed by atoms with E-state index in [0.717, 1.165) is 25.7 Å². The summed E-state index contributed by atoms with van der Waals surface area (Å²) in [4.78, 5) is 26.8. The Morgan fingerprint density at radius 1 is 1.40 bits per heavy atom. The fourth-order valence-electron chi connectivity index (χ4n) is 2.23. The van der Waals surface area contributed by atoms with E-state index in [9.17, 15) is 9.59 Å². The molecule has 0 saturated heterocycles. The molecule has 1 heterocycles. The molecule has 0 atom stereocenters. The first-order valence-corrected chi connectivity index (χ1v) is 6.73. The van der Waals surface area contributed by atoms with Crippen LogP contribution in [0.4, 0.5) is 5.95 Å². The Labute approximate surface area is 116 Å². The third-order valence-electron chi connectivity index (χ3n) is 3.18. The molecule has 1 fully saturated rings. The average Bonchev–Trinajstić information content (AvgIpc) is 2.83. The third kappa shape index (κ3) is 4.52. The first-order chi connectivity index (χ1) is 9.63. The fourth-order valence-corrected chi connectivity index (χ4v) is 2.23. The van der Waals surface area contributed by atoms with Crippen LogP contribution in [0, 0.1) is 0 Å². The average molecular weight is 281 g/mol. The van der Waals surface area contributed by atoms with E-state index < -0.39 is 5.97 Å². The molecule has 1 aliphatic carbocycles. The molecule has 8 nitrogen and oxygen atoms in total. The van der Waals surface area contributed by atoms with Crippen molar-refractivity contribution in [3.63, 3.8) is 0 Å². The maximum atomic E-state index is 11.6. The first-order valence-electron chi connectivity index (χ1n) is 6.73. The maximum Gasteiger partial charge on any atom is 0.328 e. The van der Waals surface area contributed by atoms with Crippen LogP contribution in [0.15, 0.2) is 6.33 Å². The second kappa shape index (κ2) is 6.88. The monoisotopic (exact) mass is 281 g/mol. The van der Waals surface area contributed by atoms with Gasteiger partial charge in [0.15, 0.2) is 6.61 Å². The van der Waals surface area contributed by atoms with Gasteiger partial charge in [-0.15, -0.1) is 5.10 Å². The van der Waals surface area contributed by atoms with E-state index in [2.05, 4.69) is 15.4 Å². The van der Waals surface area contributed by atoms with E-state index in [4.69, 9.17) is 10.5 Å². The Bertz CT molecular complexity index is 467.